The highest BCUT2D eigenvalue weighted by Gasteiger charge is 2.19. The Morgan fingerprint density at radius 2 is 1.89 bits per heavy atom. The number of esters is 1. The number of amides is 1. The molecule has 0 aliphatic carbocycles. The normalized spacial score (nSPS) is 12.8. The Morgan fingerprint density at radius 3 is 2.68 bits per heavy atom. The maximum Gasteiger partial charge on any atom is 0.338 e. The molecule has 1 aliphatic rings. The van der Waals surface area contributed by atoms with Gasteiger partial charge in [0.25, 0.3) is 5.91 Å². The number of rotatable bonds is 6. The Morgan fingerprint density at radius 1 is 1.14 bits per heavy atom. The van der Waals surface area contributed by atoms with Crippen LogP contribution in [0.3, 0.4) is 0 Å². The van der Waals surface area contributed by atoms with Crippen molar-refractivity contribution in [2.75, 3.05) is 26.4 Å². The molecule has 0 spiro atoms. The molecule has 0 saturated heterocycles. The molecule has 1 N–H and O–H groups in total. The van der Waals surface area contributed by atoms with Crippen LogP contribution >= 0.6 is 11.6 Å². The van der Waals surface area contributed by atoms with Crippen molar-refractivity contribution in [1.29, 1.82) is 0 Å². The molecule has 1 amide bonds. The third-order valence-corrected chi connectivity index (χ3v) is 4.30. The zero-order valence-electron chi connectivity index (χ0n) is 15.0. The highest BCUT2D eigenvalue weighted by atomic mass is 35.5. The van der Waals surface area contributed by atoms with Crippen LogP contribution in [0, 0.1) is 5.82 Å². The Bertz CT molecular complexity index is 856. The van der Waals surface area contributed by atoms with E-state index in [-0.39, 0.29) is 16.4 Å². The van der Waals surface area contributed by atoms with Crippen molar-refractivity contribution in [3.05, 3.63) is 58.4 Å². The number of benzene rings is 2. The summed E-state index contributed by atoms with van der Waals surface area (Å²) < 4.78 is 28.9. The molecule has 0 bridgehead atoms. The molecule has 6 nitrogen and oxygen atoms in total. The fourth-order valence-electron chi connectivity index (χ4n) is 2.61. The van der Waals surface area contributed by atoms with Gasteiger partial charge in [0.1, 0.15) is 5.82 Å². The second-order valence-corrected chi connectivity index (χ2v) is 6.55. The Kier molecular flexibility index (Phi) is 6.71. The maximum atomic E-state index is 12.9. The standard InChI is InChI=1S/C20H19ClFNO5/c21-16-10-14(11-17-19(16)27-9-1-8-26-17)20(25)28-12-18(24)23-7-6-13-2-4-15(22)5-3-13/h2-5,10-11H,1,6-9,12H2,(H,23,24). The van der Waals surface area contributed by atoms with Crippen LogP contribution in [0.4, 0.5) is 4.39 Å². The quantitative estimate of drug-likeness (QED) is 0.744. The van der Waals surface area contributed by atoms with Gasteiger partial charge in [-0.3, -0.25) is 4.79 Å². The Hall–Kier alpha value is -2.80. The monoisotopic (exact) mass is 407 g/mol. The first kappa shape index (κ1) is 19.9. The lowest BCUT2D eigenvalue weighted by molar-refractivity contribution is -0.124. The molecule has 2 aromatic rings. The first-order valence-electron chi connectivity index (χ1n) is 8.80. The minimum atomic E-state index is -0.689. The number of ether oxygens (including phenoxy) is 3. The van der Waals surface area contributed by atoms with Crippen LogP contribution in [0.15, 0.2) is 36.4 Å². The van der Waals surface area contributed by atoms with E-state index < -0.39 is 18.5 Å². The van der Waals surface area contributed by atoms with E-state index in [1.807, 2.05) is 0 Å². The van der Waals surface area contributed by atoms with E-state index in [4.69, 9.17) is 25.8 Å². The SMILES string of the molecule is O=C(COC(=O)c1cc(Cl)c2c(c1)OCCCO2)NCCc1ccc(F)cc1. The fraction of sp³-hybridized carbons (Fsp3) is 0.300. The van der Waals surface area contributed by atoms with Crippen LogP contribution < -0.4 is 14.8 Å². The summed E-state index contributed by atoms with van der Waals surface area (Å²) in [6.07, 6.45) is 1.25. The minimum absolute atomic E-state index is 0.174. The first-order valence-corrected chi connectivity index (χ1v) is 9.18. The van der Waals surface area contributed by atoms with E-state index >= 15 is 0 Å². The number of carbonyl (C=O) groups excluding carboxylic acids is 2. The van der Waals surface area contributed by atoms with Gasteiger partial charge in [0.15, 0.2) is 18.1 Å². The van der Waals surface area contributed by atoms with Crippen LogP contribution in [0.2, 0.25) is 5.02 Å². The molecule has 148 valence electrons. The van der Waals surface area contributed by atoms with Gasteiger partial charge < -0.3 is 19.5 Å². The molecule has 28 heavy (non-hydrogen) atoms. The molecule has 1 heterocycles. The minimum Gasteiger partial charge on any atom is -0.489 e. The van der Waals surface area contributed by atoms with Gasteiger partial charge in [0.2, 0.25) is 0 Å². The predicted molar refractivity (Wildman–Crippen MR) is 100 cm³/mol. The van der Waals surface area contributed by atoms with Gasteiger partial charge in [-0.05, 0) is 36.2 Å². The van der Waals surface area contributed by atoms with Gasteiger partial charge in [-0.15, -0.1) is 0 Å². The van der Waals surface area contributed by atoms with Gasteiger partial charge in [-0.2, -0.15) is 0 Å². The van der Waals surface area contributed by atoms with Gasteiger partial charge in [-0.1, -0.05) is 23.7 Å². The van der Waals surface area contributed by atoms with Gasteiger partial charge in [0.05, 0.1) is 23.8 Å². The molecular formula is C20H19ClFNO5. The van der Waals surface area contributed by atoms with Crippen LogP contribution in [-0.2, 0) is 16.0 Å². The van der Waals surface area contributed by atoms with Crippen molar-refractivity contribution < 1.29 is 28.2 Å². The van der Waals surface area contributed by atoms with E-state index in [2.05, 4.69) is 5.32 Å². The summed E-state index contributed by atoms with van der Waals surface area (Å²) in [5.41, 5.74) is 1.06. The molecule has 0 saturated carbocycles. The van der Waals surface area contributed by atoms with Crippen LogP contribution in [0.5, 0.6) is 11.5 Å². The summed E-state index contributed by atoms with van der Waals surface area (Å²) >= 11 is 6.15. The average Bonchev–Trinajstić information content (AvgIpc) is 2.93. The summed E-state index contributed by atoms with van der Waals surface area (Å²) in [7, 11) is 0. The highest BCUT2D eigenvalue weighted by Crippen LogP contribution is 2.38. The van der Waals surface area contributed by atoms with Crippen LogP contribution in [-0.4, -0.2) is 38.2 Å². The van der Waals surface area contributed by atoms with Gasteiger partial charge in [0, 0.05) is 13.0 Å². The molecule has 8 heteroatoms. The van der Waals surface area contributed by atoms with E-state index in [0.717, 1.165) is 5.56 Å². The van der Waals surface area contributed by atoms with Crippen molar-refractivity contribution in [3.8, 4) is 11.5 Å². The molecule has 0 fully saturated rings. The molecule has 1 aliphatic heterocycles. The summed E-state index contributed by atoms with van der Waals surface area (Å²) in [5, 5.41) is 2.89. The largest absolute Gasteiger partial charge is 0.489 e. The van der Waals surface area contributed by atoms with Crippen LogP contribution in [0.25, 0.3) is 0 Å². The molecule has 3 rings (SSSR count). The molecular weight excluding hydrogens is 389 g/mol. The van der Waals surface area contributed by atoms with Gasteiger partial charge >= 0.3 is 5.97 Å². The summed E-state index contributed by atoms with van der Waals surface area (Å²) in [6.45, 7) is 0.860. The van der Waals surface area contributed by atoms with E-state index in [0.29, 0.717) is 44.1 Å². The number of nitrogens with one attached hydrogen (secondary N) is 1. The highest BCUT2D eigenvalue weighted by molar-refractivity contribution is 6.32. The van der Waals surface area contributed by atoms with Crippen molar-refractivity contribution in [2.24, 2.45) is 0 Å². The molecule has 0 atom stereocenters. The third-order valence-electron chi connectivity index (χ3n) is 4.02. The molecule has 0 radical (unpaired) electrons. The summed E-state index contributed by atoms with van der Waals surface area (Å²) in [5.74, 6) is -0.661. The second kappa shape index (κ2) is 9.41. The van der Waals surface area contributed by atoms with Crippen molar-refractivity contribution in [2.45, 2.75) is 12.8 Å². The fourth-order valence-corrected chi connectivity index (χ4v) is 2.88. The number of hydrogen-bond donors (Lipinski definition) is 1. The molecule has 0 aromatic heterocycles. The Labute approximate surface area is 166 Å². The first-order chi connectivity index (χ1) is 13.5. The van der Waals surface area contributed by atoms with Crippen molar-refractivity contribution >= 4 is 23.5 Å². The smallest absolute Gasteiger partial charge is 0.338 e. The molecule has 2 aromatic carbocycles. The second-order valence-electron chi connectivity index (χ2n) is 6.14. The number of carbonyl (C=O) groups is 2. The number of fused-ring (bicyclic) bond motifs is 1. The zero-order chi connectivity index (χ0) is 19.9. The summed E-state index contributed by atoms with van der Waals surface area (Å²) in [6, 6.07) is 8.93. The zero-order valence-corrected chi connectivity index (χ0v) is 15.8. The molecule has 0 unspecified atom stereocenters. The number of hydrogen-bond acceptors (Lipinski definition) is 5. The van der Waals surface area contributed by atoms with E-state index in [1.54, 1.807) is 12.1 Å². The van der Waals surface area contributed by atoms with Crippen molar-refractivity contribution in [3.63, 3.8) is 0 Å². The van der Waals surface area contributed by atoms with Gasteiger partial charge in [-0.25, -0.2) is 9.18 Å². The lowest BCUT2D eigenvalue weighted by Crippen LogP contribution is -2.30. The van der Waals surface area contributed by atoms with Crippen LogP contribution in [0.1, 0.15) is 22.3 Å². The topological polar surface area (TPSA) is 73.9 Å². The number of halogens is 2. The van der Waals surface area contributed by atoms with E-state index in [1.165, 1.54) is 24.3 Å². The lowest BCUT2D eigenvalue weighted by Gasteiger charge is -2.11. The van der Waals surface area contributed by atoms with E-state index in [9.17, 15) is 14.0 Å². The van der Waals surface area contributed by atoms with Crippen molar-refractivity contribution in [1.82, 2.24) is 5.32 Å². The third kappa shape index (κ3) is 5.36. The maximum absolute atomic E-state index is 12.9. The predicted octanol–water partition coefficient (Wildman–Crippen LogP) is 3.16. The summed E-state index contributed by atoms with van der Waals surface area (Å²) in [4.78, 5) is 24.1. The Balaban J connectivity index is 1.48. The lowest BCUT2D eigenvalue weighted by atomic mass is 10.1. The average molecular weight is 408 g/mol.